The van der Waals surface area contributed by atoms with E-state index in [0.717, 1.165) is 25.4 Å². The lowest BCUT2D eigenvalue weighted by molar-refractivity contribution is 0.0615. The second-order valence-corrected chi connectivity index (χ2v) is 5.51. The van der Waals surface area contributed by atoms with Gasteiger partial charge in [-0.25, -0.2) is 0 Å². The van der Waals surface area contributed by atoms with Crippen molar-refractivity contribution < 1.29 is 14.0 Å². The minimum absolute atomic E-state index is 0.0430. The molecule has 0 bridgehead atoms. The number of nitrogens with one attached hydrogen (secondary N) is 1. The first-order chi connectivity index (χ1) is 10.6. The Labute approximate surface area is 128 Å². The zero-order valence-corrected chi connectivity index (χ0v) is 12.5. The van der Waals surface area contributed by atoms with E-state index in [9.17, 15) is 9.59 Å². The van der Waals surface area contributed by atoms with Crippen LogP contribution in [0, 0.1) is 0 Å². The fourth-order valence-electron chi connectivity index (χ4n) is 2.62. The minimum Gasteiger partial charge on any atom is -0.468 e. The van der Waals surface area contributed by atoms with Crippen molar-refractivity contribution in [2.24, 2.45) is 0 Å². The van der Waals surface area contributed by atoms with E-state index in [-0.39, 0.29) is 11.7 Å². The number of hydrogen-bond acceptors (Lipinski definition) is 4. The topological polar surface area (TPSA) is 69.6 Å². The molecule has 3 heterocycles. The van der Waals surface area contributed by atoms with Gasteiger partial charge < -0.3 is 14.3 Å². The molecule has 3 rings (SSSR count). The molecule has 0 unspecified atom stereocenters. The van der Waals surface area contributed by atoms with Crippen LogP contribution in [0.25, 0.3) is 0 Å². The van der Waals surface area contributed by atoms with Gasteiger partial charge in [0, 0.05) is 37.9 Å². The number of aromatic nitrogens is 1. The molecule has 2 aromatic rings. The normalized spacial score (nSPS) is 16.0. The Morgan fingerprint density at radius 2 is 2.05 bits per heavy atom. The molecule has 1 fully saturated rings. The average Bonchev–Trinajstić information content (AvgIpc) is 3.18. The summed E-state index contributed by atoms with van der Waals surface area (Å²) in [6.45, 7) is 5.23. The van der Waals surface area contributed by atoms with Crippen LogP contribution in [0.4, 0.5) is 0 Å². The summed E-state index contributed by atoms with van der Waals surface area (Å²) < 4.78 is 5.35. The van der Waals surface area contributed by atoms with Crippen LogP contribution in [0.2, 0.25) is 0 Å². The number of ketones is 1. The maximum Gasteiger partial charge on any atom is 0.270 e. The number of amides is 1. The molecule has 0 aromatic carbocycles. The van der Waals surface area contributed by atoms with Crippen molar-refractivity contribution in [1.29, 1.82) is 0 Å². The number of H-pyrrole nitrogens is 1. The summed E-state index contributed by atoms with van der Waals surface area (Å²) >= 11 is 0. The molecule has 0 radical (unpaired) electrons. The van der Waals surface area contributed by atoms with Gasteiger partial charge in [-0.15, -0.1) is 0 Å². The van der Waals surface area contributed by atoms with Gasteiger partial charge in [0.15, 0.2) is 5.78 Å². The van der Waals surface area contributed by atoms with Gasteiger partial charge in [0.25, 0.3) is 5.91 Å². The number of nitrogens with zero attached hydrogens (tertiary/aromatic N) is 2. The molecular weight excluding hydrogens is 282 g/mol. The number of furan rings is 1. The Hall–Kier alpha value is -2.34. The molecule has 1 aliphatic heterocycles. The zero-order chi connectivity index (χ0) is 15.5. The van der Waals surface area contributed by atoms with Gasteiger partial charge in [0.2, 0.25) is 0 Å². The summed E-state index contributed by atoms with van der Waals surface area (Å²) in [6.07, 6.45) is 3.26. The van der Waals surface area contributed by atoms with Crippen LogP contribution in [-0.2, 0) is 6.54 Å². The van der Waals surface area contributed by atoms with E-state index in [1.165, 1.54) is 6.92 Å². The highest BCUT2D eigenvalue weighted by Gasteiger charge is 2.23. The molecule has 6 heteroatoms. The second kappa shape index (κ2) is 6.19. The van der Waals surface area contributed by atoms with Crippen LogP contribution in [0.15, 0.2) is 35.1 Å². The summed E-state index contributed by atoms with van der Waals surface area (Å²) in [5.41, 5.74) is 1.02. The summed E-state index contributed by atoms with van der Waals surface area (Å²) in [4.78, 5) is 30.7. The van der Waals surface area contributed by atoms with Crippen LogP contribution in [0.1, 0.15) is 33.5 Å². The first-order valence-electron chi connectivity index (χ1n) is 7.37. The molecule has 1 N–H and O–H groups in total. The Morgan fingerprint density at radius 1 is 1.27 bits per heavy atom. The van der Waals surface area contributed by atoms with Crippen molar-refractivity contribution in [2.45, 2.75) is 13.5 Å². The lowest BCUT2D eigenvalue weighted by Gasteiger charge is -2.34. The minimum atomic E-state index is -0.0508. The van der Waals surface area contributed by atoms with E-state index in [0.29, 0.717) is 24.3 Å². The third kappa shape index (κ3) is 3.12. The highest BCUT2D eigenvalue weighted by Crippen LogP contribution is 2.12. The lowest BCUT2D eigenvalue weighted by atomic mass is 10.2. The molecular formula is C16H19N3O3. The van der Waals surface area contributed by atoms with Gasteiger partial charge in [-0.1, -0.05) is 0 Å². The van der Waals surface area contributed by atoms with Crippen molar-refractivity contribution in [3.8, 4) is 0 Å². The monoisotopic (exact) mass is 301 g/mol. The highest BCUT2D eigenvalue weighted by molar-refractivity contribution is 5.99. The van der Waals surface area contributed by atoms with Crippen LogP contribution < -0.4 is 0 Å². The van der Waals surface area contributed by atoms with Gasteiger partial charge in [-0.2, -0.15) is 0 Å². The maximum absolute atomic E-state index is 12.4. The van der Waals surface area contributed by atoms with E-state index in [2.05, 4.69) is 9.88 Å². The Bertz CT molecular complexity index is 652. The number of Topliss-reactive ketones (excluding diaryl/α,β-unsaturated/α-hetero) is 1. The van der Waals surface area contributed by atoms with Crippen LogP contribution >= 0.6 is 0 Å². The molecule has 2 aromatic heterocycles. The van der Waals surface area contributed by atoms with Crippen molar-refractivity contribution in [1.82, 2.24) is 14.8 Å². The van der Waals surface area contributed by atoms with Crippen molar-refractivity contribution in [3.63, 3.8) is 0 Å². The number of carbonyl (C=O) groups is 2. The molecule has 0 spiro atoms. The summed E-state index contributed by atoms with van der Waals surface area (Å²) in [5.74, 6) is 0.846. The molecule has 1 saturated heterocycles. The number of carbonyl (C=O) groups excluding carboxylic acids is 2. The largest absolute Gasteiger partial charge is 0.468 e. The van der Waals surface area contributed by atoms with E-state index < -0.39 is 0 Å². The van der Waals surface area contributed by atoms with Gasteiger partial charge in [-0.3, -0.25) is 14.5 Å². The summed E-state index contributed by atoms with van der Waals surface area (Å²) in [7, 11) is 0. The van der Waals surface area contributed by atoms with Gasteiger partial charge >= 0.3 is 0 Å². The summed E-state index contributed by atoms with van der Waals surface area (Å²) in [5, 5.41) is 0. The third-order valence-electron chi connectivity index (χ3n) is 3.94. The lowest BCUT2D eigenvalue weighted by Crippen LogP contribution is -2.48. The van der Waals surface area contributed by atoms with Gasteiger partial charge in [0.1, 0.15) is 11.5 Å². The van der Waals surface area contributed by atoms with Gasteiger partial charge in [0.05, 0.1) is 12.8 Å². The molecule has 0 aliphatic carbocycles. The predicted octanol–water partition coefficient (Wildman–Crippen LogP) is 1.77. The maximum atomic E-state index is 12.4. The number of hydrogen-bond donors (Lipinski definition) is 1. The van der Waals surface area contributed by atoms with Crippen molar-refractivity contribution >= 4 is 11.7 Å². The van der Waals surface area contributed by atoms with E-state index >= 15 is 0 Å². The van der Waals surface area contributed by atoms with Crippen LogP contribution in [-0.4, -0.2) is 52.7 Å². The molecule has 0 atom stereocenters. The molecule has 6 nitrogen and oxygen atoms in total. The predicted molar refractivity (Wildman–Crippen MR) is 80.7 cm³/mol. The molecule has 1 amide bonds. The Balaban J connectivity index is 1.56. The fraction of sp³-hybridized carbons (Fsp3) is 0.375. The zero-order valence-electron chi connectivity index (χ0n) is 12.5. The standard InChI is InChI=1S/C16H19N3O3/c1-12(20)13-9-15(17-10-13)16(21)19-6-4-18(5-7-19)11-14-3-2-8-22-14/h2-3,8-10,17H,4-7,11H2,1H3. The van der Waals surface area contributed by atoms with E-state index in [1.54, 1.807) is 18.5 Å². The molecule has 0 saturated carbocycles. The quantitative estimate of drug-likeness (QED) is 0.874. The van der Waals surface area contributed by atoms with Crippen LogP contribution in [0.5, 0.6) is 0 Å². The average molecular weight is 301 g/mol. The number of piperazine rings is 1. The Morgan fingerprint density at radius 3 is 2.64 bits per heavy atom. The number of rotatable bonds is 4. The van der Waals surface area contributed by atoms with Gasteiger partial charge in [-0.05, 0) is 25.1 Å². The third-order valence-corrected chi connectivity index (χ3v) is 3.94. The van der Waals surface area contributed by atoms with Crippen LogP contribution in [0.3, 0.4) is 0 Å². The smallest absolute Gasteiger partial charge is 0.270 e. The van der Waals surface area contributed by atoms with E-state index in [1.807, 2.05) is 17.0 Å². The van der Waals surface area contributed by atoms with Crippen molar-refractivity contribution in [3.05, 3.63) is 47.7 Å². The molecule has 22 heavy (non-hydrogen) atoms. The number of aromatic amines is 1. The molecule has 1 aliphatic rings. The second-order valence-electron chi connectivity index (χ2n) is 5.51. The SMILES string of the molecule is CC(=O)c1c[nH]c(C(=O)N2CCN(Cc3ccco3)CC2)c1. The van der Waals surface area contributed by atoms with E-state index in [4.69, 9.17) is 4.42 Å². The summed E-state index contributed by atoms with van der Waals surface area (Å²) in [6, 6.07) is 5.46. The fourth-order valence-corrected chi connectivity index (χ4v) is 2.62. The van der Waals surface area contributed by atoms with Crippen molar-refractivity contribution in [2.75, 3.05) is 26.2 Å². The first kappa shape index (κ1) is 14.6. The molecule has 116 valence electrons. The first-order valence-corrected chi connectivity index (χ1v) is 7.37. The Kier molecular flexibility index (Phi) is 4.11. The highest BCUT2D eigenvalue weighted by atomic mass is 16.3.